The molecule has 0 spiro atoms. The van der Waals surface area contributed by atoms with Gasteiger partial charge in [-0.1, -0.05) is 0 Å². The molecule has 0 aliphatic carbocycles. The van der Waals surface area contributed by atoms with Crippen molar-refractivity contribution in [3.05, 3.63) is 34.3 Å². The molecule has 0 bridgehead atoms. The molecule has 0 aliphatic heterocycles. The van der Waals surface area contributed by atoms with E-state index in [1.165, 1.54) is 9.75 Å². The number of anilines is 2. The molecule has 2 heterocycles. The third kappa shape index (κ3) is 2.66. The van der Waals surface area contributed by atoms with E-state index in [4.69, 9.17) is 5.73 Å². The van der Waals surface area contributed by atoms with Crippen LogP contribution >= 0.6 is 11.3 Å². The fourth-order valence-corrected chi connectivity index (χ4v) is 2.02. The predicted octanol–water partition coefficient (Wildman–Crippen LogP) is 2.04. The van der Waals surface area contributed by atoms with Crippen molar-refractivity contribution in [3.63, 3.8) is 0 Å². The molecule has 0 saturated carbocycles. The Labute approximate surface area is 92.2 Å². The first-order valence-electron chi connectivity index (χ1n) is 4.61. The van der Waals surface area contributed by atoms with Crippen molar-refractivity contribution >= 4 is 23.0 Å². The van der Waals surface area contributed by atoms with Gasteiger partial charge in [0.05, 0.1) is 18.9 Å². The van der Waals surface area contributed by atoms with E-state index in [9.17, 15) is 0 Å². The maximum Gasteiger partial charge on any atom is 0.144 e. The van der Waals surface area contributed by atoms with Gasteiger partial charge in [-0.2, -0.15) is 0 Å². The zero-order valence-corrected chi connectivity index (χ0v) is 9.21. The van der Waals surface area contributed by atoms with E-state index in [0.29, 0.717) is 5.82 Å². The minimum atomic E-state index is 0.438. The largest absolute Gasteiger partial charge is 0.382 e. The number of nitrogens with two attached hydrogens (primary N) is 1. The summed E-state index contributed by atoms with van der Waals surface area (Å²) in [5, 5.41) is 3.18. The van der Waals surface area contributed by atoms with Gasteiger partial charge in [0.15, 0.2) is 0 Å². The van der Waals surface area contributed by atoms with Crippen LogP contribution in [-0.4, -0.2) is 9.97 Å². The third-order valence-corrected chi connectivity index (χ3v) is 2.91. The first-order chi connectivity index (χ1) is 7.24. The van der Waals surface area contributed by atoms with Crippen molar-refractivity contribution < 1.29 is 0 Å². The van der Waals surface area contributed by atoms with Crippen molar-refractivity contribution in [1.29, 1.82) is 0 Å². The van der Waals surface area contributed by atoms with Crippen LogP contribution in [0.15, 0.2) is 24.5 Å². The topological polar surface area (TPSA) is 63.8 Å². The molecule has 0 saturated heterocycles. The van der Waals surface area contributed by atoms with Gasteiger partial charge in [0, 0.05) is 9.75 Å². The van der Waals surface area contributed by atoms with Gasteiger partial charge in [-0.15, -0.1) is 11.3 Å². The molecule has 78 valence electrons. The van der Waals surface area contributed by atoms with Crippen LogP contribution in [0.4, 0.5) is 11.6 Å². The Kier molecular flexibility index (Phi) is 2.82. The summed E-state index contributed by atoms with van der Waals surface area (Å²) in [6.45, 7) is 2.87. The number of nitrogens with zero attached hydrogens (tertiary/aromatic N) is 2. The highest BCUT2D eigenvalue weighted by Crippen LogP contribution is 2.16. The highest BCUT2D eigenvalue weighted by Gasteiger charge is 1.98. The Balaban J connectivity index is 1.96. The van der Waals surface area contributed by atoms with Crippen molar-refractivity contribution in [1.82, 2.24) is 9.97 Å². The number of nitrogens with one attached hydrogen (secondary N) is 1. The van der Waals surface area contributed by atoms with Crippen LogP contribution in [0.3, 0.4) is 0 Å². The minimum absolute atomic E-state index is 0.438. The number of thiophene rings is 1. The number of hydrogen-bond donors (Lipinski definition) is 2. The molecule has 0 aliphatic rings. The Morgan fingerprint density at radius 3 is 2.80 bits per heavy atom. The molecule has 2 aromatic heterocycles. The van der Waals surface area contributed by atoms with Gasteiger partial charge in [0.2, 0.25) is 0 Å². The summed E-state index contributed by atoms with van der Waals surface area (Å²) in [7, 11) is 0. The molecule has 2 aromatic rings. The minimum Gasteiger partial charge on any atom is -0.382 e. The SMILES string of the molecule is Cc1ccc(CNc2cnc(N)cn2)s1. The second-order valence-electron chi connectivity index (χ2n) is 3.19. The van der Waals surface area contributed by atoms with E-state index in [2.05, 4.69) is 34.3 Å². The molecule has 0 aromatic carbocycles. The van der Waals surface area contributed by atoms with E-state index < -0.39 is 0 Å². The molecule has 0 amide bonds. The number of rotatable bonds is 3. The molecular weight excluding hydrogens is 208 g/mol. The smallest absolute Gasteiger partial charge is 0.144 e. The van der Waals surface area contributed by atoms with Gasteiger partial charge in [-0.25, -0.2) is 9.97 Å². The fourth-order valence-electron chi connectivity index (χ4n) is 1.19. The lowest BCUT2D eigenvalue weighted by Crippen LogP contribution is -2.01. The average Bonchev–Trinajstić information content (AvgIpc) is 2.64. The molecule has 0 radical (unpaired) electrons. The van der Waals surface area contributed by atoms with E-state index in [1.807, 2.05) is 0 Å². The number of aryl methyl sites for hydroxylation is 1. The lowest BCUT2D eigenvalue weighted by Gasteiger charge is -2.02. The highest BCUT2D eigenvalue weighted by molar-refractivity contribution is 7.11. The lowest BCUT2D eigenvalue weighted by molar-refractivity contribution is 1.11. The first kappa shape index (κ1) is 9.92. The van der Waals surface area contributed by atoms with Gasteiger partial charge in [0.1, 0.15) is 11.6 Å². The normalized spacial score (nSPS) is 10.2. The van der Waals surface area contributed by atoms with Crippen molar-refractivity contribution in [2.24, 2.45) is 0 Å². The summed E-state index contributed by atoms with van der Waals surface area (Å²) in [5.74, 6) is 1.18. The van der Waals surface area contributed by atoms with E-state index in [0.717, 1.165) is 12.4 Å². The fraction of sp³-hybridized carbons (Fsp3) is 0.200. The van der Waals surface area contributed by atoms with Crippen LogP contribution in [0, 0.1) is 6.92 Å². The van der Waals surface area contributed by atoms with Gasteiger partial charge < -0.3 is 11.1 Å². The zero-order valence-electron chi connectivity index (χ0n) is 8.40. The monoisotopic (exact) mass is 220 g/mol. The Morgan fingerprint density at radius 2 is 2.20 bits per heavy atom. The van der Waals surface area contributed by atoms with Gasteiger partial charge in [-0.05, 0) is 19.1 Å². The Hall–Kier alpha value is -1.62. The molecule has 2 rings (SSSR count). The quantitative estimate of drug-likeness (QED) is 0.830. The second-order valence-corrected chi connectivity index (χ2v) is 4.56. The third-order valence-electron chi connectivity index (χ3n) is 1.91. The summed E-state index contributed by atoms with van der Waals surface area (Å²) in [4.78, 5) is 10.7. The van der Waals surface area contributed by atoms with E-state index >= 15 is 0 Å². The lowest BCUT2D eigenvalue weighted by atomic mass is 10.4. The maximum atomic E-state index is 5.44. The molecule has 5 heteroatoms. The zero-order chi connectivity index (χ0) is 10.7. The van der Waals surface area contributed by atoms with Gasteiger partial charge in [0.25, 0.3) is 0 Å². The molecule has 4 nitrogen and oxygen atoms in total. The van der Waals surface area contributed by atoms with Crippen LogP contribution < -0.4 is 11.1 Å². The predicted molar refractivity (Wildman–Crippen MR) is 62.8 cm³/mol. The van der Waals surface area contributed by atoms with Crippen molar-refractivity contribution in [3.8, 4) is 0 Å². The number of hydrogen-bond acceptors (Lipinski definition) is 5. The van der Waals surface area contributed by atoms with Gasteiger partial charge in [-0.3, -0.25) is 0 Å². The van der Waals surface area contributed by atoms with Crippen LogP contribution in [0.25, 0.3) is 0 Å². The molecule has 15 heavy (non-hydrogen) atoms. The van der Waals surface area contributed by atoms with Crippen LogP contribution in [-0.2, 0) is 6.54 Å². The summed E-state index contributed by atoms with van der Waals surface area (Å²) in [5.41, 5.74) is 5.44. The summed E-state index contributed by atoms with van der Waals surface area (Å²) >= 11 is 1.77. The Bertz CT molecular complexity index is 435. The van der Waals surface area contributed by atoms with E-state index in [1.54, 1.807) is 23.7 Å². The van der Waals surface area contributed by atoms with Crippen LogP contribution in [0.2, 0.25) is 0 Å². The summed E-state index contributed by atoms with van der Waals surface area (Å²) in [6.07, 6.45) is 3.18. The van der Waals surface area contributed by atoms with E-state index in [-0.39, 0.29) is 0 Å². The first-order valence-corrected chi connectivity index (χ1v) is 5.42. The maximum absolute atomic E-state index is 5.44. The van der Waals surface area contributed by atoms with Crippen LogP contribution in [0.1, 0.15) is 9.75 Å². The van der Waals surface area contributed by atoms with Crippen molar-refractivity contribution in [2.45, 2.75) is 13.5 Å². The standard InChI is InChI=1S/C10H12N4S/c1-7-2-3-8(15-7)4-13-10-6-12-9(11)5-14-10/h2-3,5-6H,4H2,1H3,(H2,11,12)(H,13,14). The molecule has 0 atom stereocenters. The Morgan fingerprint density at radius 1 is 1.33 bits per heavy atom. The van der Waals surface area contributed by atoms with Crippen LogP contribution in [0.5, 0.6) is 0 Å². The number of nitrogen functional groups attached to an aromatic ring is 1. The molecule has 0 fully saturated rings. The molecule has 3 N–H and O–H groups in total. The molecular formula is C10H12N4S. The van der Waals surface area contributed by atoms with Gasteiger partial charge >= 0.3 is 0 Å². The number of aromatic nitrogens is 2. The van der Waals surface area contributed by atoms with Crippen molar-refractivity contribution in [2.75, 3.05) is 11.1 Å². The molecule has 0 unspecified atom stereocenters. The summed E-state index contributed by atoms with van der Waals surface area (Å²) in [6, 6.07) is 4.22. The second kappa shape index (κ2) is 4.27. The highest BCUT2D eigenvalue weighted by atomic mass is 32.1. The average molecular weight is 220 g/mol. The summed E-state index contributed by atoms with van der Waals surface area (Å²) < 4.78 is 0.